The fraction of sp³-hybridized carbons (Fsp3) is 0.316. The summed E-state index contributed by atoms with van der Waals surface area (Å²) in [5, 5.41) is 0. The van der Waals surface area contributed by atoms with E-state index in [1.807, 2.05) is 6.07 Å². The number of benzene rings is 1. The van der Waals surface area contributed by atoms with Gasteiger partial charge in [-0.3, -0.25) is 4.79 Å². The third-order valence-corrected chi connectivity index (χ3v) is 4.73. The van der Waals surface area contributed by atoms with Gasteiger partial charge >= 0.3 is 0 Å². The Bertz CT molecular complexity index is 890. The van der Waals surface area contributed by atoms with Gasteiger partial charge in [-0.1, -0.05) is 12.0 Å². The molecule has 0 radical (unpaired) electrons. The van der Waals surface area contributed by atoms with Crippen LogP contribution in [0.3, 0.4) is 0 Å². The number of nitrogens with zero attached hydrogens (tertiary/aromatic N) is 1. The molecule has 1 saturated carbocycles. The van der Waals surface area contributed by atoms with Crippen molar-refractivity contribution in [2.45, 2.75) is 31.1 Å². The normalized spacial score (nSPS) is 14.8. The number of pyridine rings is 1. The molecule has 1 atom stereocenters. The van der Waals surface area contributed by atoms with E-state index in [1.165, 1.54) is 0 Å². The molecule has 2 aromatic rings. The molecule has 0 N–H and O–H groups in total. The van der Waals surface area contributed by atoms with E-state index >= 15 is 0 Å². The molecule has 2 nitrogen and oxygen atoms in total. The quantitative estimate of drug-likeness (QED) is 0.707. The molecule has 3 rings (SSSR count). The lowest BCUT2D eigenvalue weighted by Crippen LogP contribution is -2.26. The standard InChI is InChI=1S/C19H16BrF2NO/c1-23-18(12-4-5-12)9-7-15(19(23)24)14(3-2-10-20)16-11-13(21)6-8-17(16)22/h6-9,11-12,14H,3-5H2,1H3. The van der Waals surface area contributed by atoms with Gasteiger partial charge in [-0.2, -0.15) is 0 Å². The van der Waals surface area contributed by atoms with Gasteiger partial charge in [0.2, 0.25) is 0 Å². The molecule has 1 fully saturated rings. The Hall–Kier alpha value is -1.93. The molecule has 1 aromatic carbocycles. The van der Waals surface area contributed by atoms with Crippen molar-refractivity contribution in [3.63, 3.8) is 0 Å². The summed E-state index contributed by atoms with van der Waals surface area (Å²) in [6, 6.07) is 6.95. The third-order valence-electron chi connectivity index (χ3n) is 4.45. The highest BCUT2D eigenvalue weighted by Crippen LogP contribution is 2.39. The van der Waals surface area contributed by atoms with Crippen LogP contribution in [0.5, 0.6) is 0 Å². The molecule has 1 unspecified atom stereocenters. The summed E-state index contributed by atoms with van der Waals surface area (Å²) < 4.78 is 29.5. The van der Waals surface area contributed by atoms with Crippen molar-refractivity contribution in [2.24, 2.45) is 7.05 Å². The highest BCUT2D eigenvalue weighted by molar-refractivity contribution is 9.12. The first kappa shape index (κ1) is 16.9. The first-order chi connectivity index (χ1) is 11.5. The van der Waals surface area contributed by atoms with Crippen molar-refractivity contribution in [1.82, 2.24) is 4.57 Å². The lowest BCUT2D eigenvalue weighted by Gasteiger charge is -2.18. The van der Waals surface area contributed by atoms with Crippen LogP contribution >= 0.6 is 15.9 Å². The van der Waals surface area contributed by atoms with E-state index in [2.05, 4.69) is 26.7 Å². The van der Waals surface area contributed by atoms with Gasteiger partial charge in [0.1, 0.15) is 11.6 Å². The Morgan fingerprint density at radius 1 is 1.25 bits per heavy atom. The number of rotatable bonds is 4. The van der Waals surface area contributed by atoms with Gasteiger partial charge < -0.3 is 4.57 Å². The second-order valence-corrected chi connectivity index (χ2v) is 6.44. The van der Waals surface area contributed by atoms with Crippen molar-refractivity contribution in [2.75, 3.05) is 0 Å². The SMILES string of the molecule is Cn1c(C2CC2)ccc(C(CC#CBr)c2cc(F)ccc2F)c1=O. The molecule has 0 saturated heterocycles. The lowest BCUT2D eigenvalue weighted by molar-refractivity contribution is 0.573. The molecule has 1 aliphatic rings. The zero-order valence-electron chi connectivity index (χ0n) is 13.2. The smallest absolute Gasteiger partial charge is 0.254 e. The minimum absolute atomic E-state index is 0.154. The van der Waals surface area contributed by atoms with Crippen LogP contribution in [0.15, 0.2) is 35.1 Å². The summed E-state index contributed by atoms with van der Waals surface area (Å²) in [6.07, 6.45) is 2.40. The Morgan fingerprint density at radius 2 is 2.00 bits per heavy atom. The van der Waals surface area contributed by atoms with E-state index in [4.69, 9.17) is 0 Å². The average molecular weight is 392 g/mol. The first-order valence-corrected chi connectivity index (χ1v) is 8.55. The topological polar surface area (TPSA) is 22.0 Å². The molecule has 0 spiro atoms. The summed E-state index contributed by atoms with van der Waals surface area (Å²) in [4.78, 5) is 15.4. The maximum atomic E-state index is 14.2. The highest BCUT2D eigenvalue weighted by atomic mass is 79.9. The molecule has 1 aromatic heterocycles. The monoisotopic (exact) mass is 391 g/mol. The Labute approximate surface area is 147 Å². The van der Waals surface area contributed by atoms with Crippen LogP contribution in [0.4, 0.5) is 8.78 Å². The zero-order valence-corrected chi connectivity index (χ0v) is 14.7. The van der Waals surface area contributed by atoms with E-state index in [0.29, 0.717) is 11.5 Å². The molecular weight excluding hydrogens is 376 g/mol. The van der Waals surface area contributed by atoms with Crippen LogP contribution in [-0.2, 0) is 7.05 Å². The Kier molecular flexibility index (Phi) is 4.86. The number of hydrogen-bond donors (Lipinski definition) is 0. The molecule has 5 heteroatoms. The Morgan fingerprint density at radius 3 is 2.67 bits per heavy atom. The summed E-state index contributed by atoms with van der Waals surface area (Å²) in [5.41, 5.74) is 1.40. The van der Waals surface area contributed by atoms with Crippen LogP contribution < -0.4 is 5.56 Å². The molecule has 0 aliphatic heterocycles. The lowest BCUT2D eigenvalue weighted by atomic mass is 9.88. The van der Waals surface area contributed by atoms with E-state index in [-0.39, 0.29) is 17.5 Å². The van der Waals surface area contributed by atoms with Gasteiger partial charge in [0.25, 0.3) is 5.56 Å². The first-order valence-electron chi connectivity index (χ1n) is 7.76. The van der Waals surface area contributed by atoms with Crippen LogP contribution in [0.25, 0.3) is 0 Å². The van der Waals surface area contributed by atoms with E-state index < -0.39 is 17.6 Å². The minimum Gasteiger partial charge on any atom is -0.315 e. The maximum Gasteiger partial charge on any atom is 0.254 e. The predicted molar refractivity (Wildman–Crippen MR) is 93.2 cm³/mol. The summed E-state index contributed by atoms with van der Waals surface area (Å²) in [5.74, 6) is 1.57. The average Bonchev–Trinajstić information content (AvgIpc) is 3.39. The molecule has 1 heterocycles. The summed E-state index contributed by atoms with van der Waals surface area (Å²) in [7, 11) is 1.73. The Balaban J connectivity index is 2.12. The number of hydrogen-bond acceptors (Lipinski definition) is 1. The van der Waals surface area contributed by atoms with Gasteiger partial charge in [0.05, 0.1) is 0 Å². The van der Waals surface area contributed by atoms with Crippen molar-refractivity contribution >= 4 is 15.9 Å². The van der Waals surface area contributed by atoms with Gasteiger partial charge in [0.15, 0.2) is 0 Å². The number of aromatic nitrogens is 1. The second kappa shape index (κ2) is 6.90. The highest BCUT2D eigenvalue weighted by Gasteiger charge is 2.28. The van der Waals surface area contributed by atoms with Crippen molar-refractivity contribution in [3.05, 3.63) is 69.1 Å². The van der Waals surface area contributed by atoms with Crippen LogP contribution in [0, 0.1) is 22.4 Å². The molecule has 0 amide bonds. The molecule has 124 valence electrons. The maximum absolute atomic E-state index is 14.2. The van der Waals surface area contributed by atoms with E-state index in [0.717, 1.165) is 36.7 Å². The minimum atomic E-state index is -0.613. The van der Waals surface area contributed by atoms with Gasteiger partial charge in [-0.15, -0.1) is 0 Å². The van der Waals surface area contributed by atoms with Crippen molar-refractivity contribution in [1.29, 1.82) is 0 Å². The number of halogens is 3. The van der Waals surface area contributed by atoms with E-state index in [1.54, 1.807) is 17.7 Å². The largest absolute Gasteiger partial charge is 0.315 e. The summed E-state index contributed by atoms with van der Waals surface area (Å²) >= 11 is 3.02. The molecule has 0 bridgehead atoms. The van der Waals surface area contributed by atoms with E-state index in [9.17, 15) is 13.6 Å². The second-order valence-electron chi connectivity index (χ2n) is 6.05. The predicted octanol–water partition coefficient (Wildman–Crippen LogP) is 4.42. The van der Waals surface area contributed by atoms with Crippen LogP contribution in [-0.4, -0.2) is 4.57 Å². The van der Waals surface area contributed by atoms with Gasteiger partial charge in [0, 0.05) is 46.6 Å². The van der Waals surface area contributed by atoms with Gasteiger partial charge in [-0.05, 0) is 53.4 Å². The molecular formula is C19H16BrF2NO. The van der Waals surface area contributed by atoms with Crippen LogP contribution in [0.2, 0.25) is 0 Å². The van der Waals surface area contributed by atoms with Crippen LogP contribution in [0.1, 0.15) is 47.9 Å². The van der Waals surface area contributed by atoms with Crippen molar-refractivity contribution in [3.8, 4) is 10.8 Å². The fourth-order valence-electron chi connectivity index (χ4n) is 3.03. The van der Waals surface area contributed by atoms with Gasteiger partial charge in [-0.25, -0.2) is 8.78 Å². The molecule has 1 aliphatic carbocycles. The fourth-order valence-corrected chi connectivity index (χ4v) is 3.19. The molecule has 24 heavy (non-hydrogen) atoms. The summed E-state index contributed by atoms with van der Waals surface area (Å²) in [6.45, 7) is 0. The third kappa shape index (κ3) is 3.29. The zero-order chi connectivity index (χ0) is 17.3. The van der Waals surface area contributed by atoms with Crippen molar-refractivity contribution < 1.29 is 8.78 Å².